The zero-order valence-electron chi connectivity index (χ0n) is 11.0. The fourth-order valence-electron chi connectivity index (χ4n) is 1.55. The molecule has 0 radical (unpaired) electrons. The van der Waals surface area contributed by atoms with E-state index in [1.54, 1.807) is 12.1 Å². The monoisotopic (exact) mass is 376 g/mol. The van der Waals surface area contributed by atoms with E-state index in [2.05, 4.69) is 25.6 Å². The van der Waals surface area contributed by atoms with Gasteiger partial charge in [-0.25, -0.2) is 18.1 Å². The summed E-state index contributed by atoms with van der Waals surface area (Å²) >= 11 is 3.01. The van der Waals surface area contributed by atoms with Gasteiger partial charge < -0.3 is 14.3 Å². The summed E-state index contributed by atoms with van der Waals surface area (Å²) < 4.78 is 36.8. The Balaban J connectivity index is 2.11. The third-order valence-corrected chi connectivity index (χ3v) is 4.88. The summed E-state index contributed by atoms with van der Waals surface area (Å²) in [5.74, 6) is 0.611. The number of nitrogens with zero attached hydrogens (tertiary/aromatic N) is 1. The number of rotatable bonds is 6. The third-order valence-electron chi connectivity index (χ3n) is 2.62. The number of ether oxygens (including phenoxy) is 1. The molecule has 0 aliphatic heterocycles. The van der Waals surface area contributed by atoms with Crippen molar-refractivity contribution in [2.75, 3.05) is 7.11 Å². The number of aromatic nitrogens is 1. The summed E-state index contributed by atoms with van der Waals surface area (Å²) in [7, 11) is -2.25. The average molecular weight is 377 g/mol. The van der Waals surface area contributed by atoms with Gasteiger partial charge in [0.1, 0.15) is 17.3 Å². The molecule has 0 fully saturated rings. The van der Waals surface area contributed by atoms with Crippen LogP contribution in [-0.2, 0) is 23.2 Å². The van der Waals surface area contributed by atoms with E-state index in [-0.39, 0.29) is 28.5 Å². The Morgan fingerprint density at radius 3 is 2.76 bits per heavy atom. The first-order chi connectivity index (χ1) is 9.96. The van der Waals surface area contributed by atoms with Crippen LogP contribution in [0.15, 0.2) is 38.4 Å². The van der Waals surface area contributed by atoms with Crippen molar-refractivity contribution in [3.05, 3.63) is 40.4 Å². The van der Waals surface area contributed by atoms with Gasteiger partial charge >= 0.3 is 0 Å². The van der Waals surface area contributed by atoms with E-state index in [0.29, 0.717) is 11.4 Å². The average Bonchev–Trinajstić information content (AvgIpc) is 2.88. The summed E-state index contributed by atoms with van der Waals surface area (Å²) in [4.78, 5) is 3.93. The molecule has 2 heterocycles. The van der Waals surface area contributed by atoms with Gasteiger partial charge in [0.15, 0.2) is 4.67 Å². The number of pyridine rings is 1. The Kier molecular flexibility index (Phi) is 4.99. The lowest BCUT2D eigenvalue weighted by molar-refractivity contribution is 0.245. The van der Waals surface area contributed by atoms with Crippen LogP contribution in [0.1, 0.15) is 11.3 Å². The van der Waals surface area contributed by atoms with Crippen molar-refractivity contribution in [3.63, 3.8) is 0 Å². The fourth-order valence-corrected chi connectivity index (χ4v) is 3.56. The molecule has 0 saturated heterocycles. The number of furan rings is 1. The summed E-state index contributed by atoms with van der Waals surface area (Å²) in [5.41, 5.74) is 0.682. The van der Waals surface area contributed by atoms with E-state index in [0.717, 1.165) is 0 Å². The molecule has 0 bridgehead atoms. The van der Waals surface area contributed by atoms with Gasteiger partial charge in [0.05, 0.1) is 7.11 Å². The van der Waals surface area contributed by atoms with Crippen LogP contribution >= 0.6 is 15.9 Å². The normalized spacial score (nSPS) is 11.6. The summed E-state index contributed by atoms with van der Waals surface area (Å²) in [5, 5.41) is 8.95. The van der Waals surface area contributed by atoms with Crippen LogP contribution < -0.4 is 9.46 Å². The van der Waals surface area contributed by atoms with E-state index in [1.807, 2.05) is 0 Å². The molecule has 21 heavy (non-hydrogen) atoms. The second-order valence-corrected chi connectivity index (χ2v) is 6.50. The molecule has 2 rings (SSSR count). The highest BCUT2D eigenvalue weighted by molar-refractivity contribution is 9.10. The van der Waals surface area contributed by atoms with E-state index in [4.69, 9.17) is 14.3 Å². The number of hydrogen-bond acceptors (Lipinski definition) is 6. The highest BCUT2D eigenvalue weighted by Gasteiger charge is 2.22. The van der Waals surface area contributed by atoms with E-state index in [9.17, 15) is 8.42 Å². The first kappa shape index (κ1) is 16.0. The molecule has 9 heteroatoms. The van der Waals surface area contributed by atoms with Crippen LogP contribution in [0.3, 0.4) is 0 Å². The van der Waals surface area contributed by atoms with Crippen LogP contribution in [0.25, 0.3) is 0 Å². The van der Waals surface area contributed by atoms with Gasteiger partial charge in [0.25, 0.3) is 0 Å². The van der Waals surface area contributed by atoms with Gasteiger partial charge in [-0.3, -0.25) is 0 Å². The van der Waals surface area contributed by atoms with E-state index >= 15 is 0 Å². The largest absolute Gasteiger partial charge is 0.481 e. The Morgan fingerprint density at radius 2 is 2.24 bits per heavy atom. The second kappa shape index (κ2) is 6.56. The van der Waals surface area contributed by atoms with Crippen molar-refractivity contribution in [2.45, 2.75) is 18.0 Å². The van der Waals surface area contributed by atoms with Gasteiger partial charge in [-0.15, -0.1) is 0 Å². The molecule has 2 aromatic rings. The molecule has 0 saturated carbocycles. The Morgan fingerprint density at radius 1 is 1.48 bits per heavy atom. The number of halogens is 1. The van der Waals surface area contributed by atoms with Gasteiger partial charge in [0.2, 0.25) is 15.9 Å². The van der Waals surface area contributed by atoms with Crippen molar-refractivity contribution < 1.29 is 22.7 Å². The standard InChI is InChI=1S/C12H13BrN2O5S/c1-19-11-3-2-8(5-14-11)6-15-21(17,18)10-4-9(7-16)20-12(10)13/h2-5,15-16H,6-7H2,1H3. The minimum absolute atomic E-state index is 0.0481. The lowest BCUT2D eigenvalue weighted by Gasteiger charge is -2.05. The molecule has 2 aromatic heterocycles. The fraction of sp³-hybridized carbons (Fsp3) is 0.250. The quantitative estimate of drug-likeness (QED) is 0.790. The van der Waals surface area contributed by atoms with Gasteiger partial charge in [0, 0.05) is 24.9 Å². The molecule has 0 aliphatic carbocycles. The van der Waals surface area contributed by atoms with Crippen LogP contribution in [0.4, 0.5) is 0 Å². The van der Waals surface area contributed by atoms with Crippen LogP contribution in [0, 0.1) is 0 Å². The van der Waals surface area contributed by atoms with Crippen LogP contribution in [0.2, 0.25) is 0 Å². The number of hydrogen-bond donors (Lipinski definition) is 2. The molecule has 0 aromatic carbocycles. The number of aliphatic hydroxyl groups is 1. The van der Waals surface area contributed by atoms with E-state index in [1.165, 1.54) is 19.4 Å². The van der Waals surface area contributed by atoms with Crippen molar-refractivity contribution >= 4 is 26.0 Å². The molecule has 0 spiro atoms. The number of aliphatic hydroxyl groups excluding tert-OH is 1. The molecule has 0 atom stereocenters. The molecule has 0 amide bonds. The van der Waals surface area contributed by atoms with Gasteiger partial charge in [-0.2, -0.15) is 0 Å². The Hall–Kier alpha value is -1.42. The predicted molar refractivity (Wildman–Crippen MR) is 77.1 cm³/mol. The second-order valence-electron chi connectivity index (χ2n) is 4.04. The Bertz CT molecular complexity index is 712. The smallest absolute Gasteiger partial charge is 0.245 e. The highest BCUT2D eigenvalue weighted by Crippen LogP contribution is 2.26. The van der Waals surface area contributed by atoms with Crippen molar-refractivity contribution in [2.24, 2.45) is 0 Å². The predicted octanol–water partition coefficient (Wildman–Crippen LogP) is 1.42. The topological polar surface area (TPSA) is 102 Å². The van der Waals surface area contributed by atoms with Crippen molar-refractivity contribution in [3.8, 4) is 5.88 Å². The maximum absolute atomic E-state index is 12.2. The van der Waals surface area contributed by atoms with Crippen LogP contribution in [-0.4, -0.2) is 25.6 Å². The molecule has 0 aliphatic rings. The molecule has 7 nitrogen and oxygen atoms in total. The van der Waals surface area contributed by atoms with Crippen molar-refractivity contribution in [1.82, 2.24) is 9.71 Å². The molecule has 2 N–H and O–H groups in total. The number of sulfonamides is 1. The maximum Gasteiger partial charge on any atom is 0.245 e. The molecule has 0 unspecified atom stereocenters. The summed E-state index contributed by atoms with van der Waals surface area (Å²) in [6.45, 7) is -0.304. The van der Waals surface area contributed by atoms with Gasteiger partial charge in [-0.05, 0) is 21.5 Å². The Labute approximate surface area is 130 Å². The molecule has 114 valence electrons. The van der Waals surface area contributed by atoms with Crippen molar-refractivity contribution in [1.29, 1.82) is 0 Å². The SMILES string of the molecule is COc1ccc(CNS(=O)(=O)c2cc(CO)oc2Br)cn1. The lowest BCUT2D eigenvalue weighted by Crippen LogP contribution is -2.23. The minimum Gasteiger partial charge on any atom is -0.481 e. The first-order valence-electron chi connectivity index (χ1n) is 5.84. The highest BCUT2D eigenvalue weighted by atomic mass is 79.9. The summed E-state index contributed by atoms with van der Waals surface area (Å²) in [6.07, 6.45) is 1.52. The first-order valence-corrected chi connectivity index (χ1v) is 8.11. The lowest BCUT2D eigenvalue weighted by atomic mass is 10.3. The summed E-state index contributed by atoms with van der Waals surface area (Å²) in [6, 6.07) is 4.61. The zero-order valence-corrected chi connectivity index (χ0v) is 13.4. The zero-order chi connectivity index (χ0) is 15.5. The molecular formula is C12H13BrN2O5S. The third kappa shape index (κ3) is 3.82. The van der Waals surface area contributed by atoms with E-state index < -0.39 is 10.0 Å². The van der Waals surface area contributed by atoms with Gasteiger partial charge in [-0.1, -0.05) is 6.07 Å². The minimum atomic E-state index is -3.75. The number of methoxy groups -OCH3 is 1. The maximum atomic E-state index is 12.2. The van der Waals surface area contributed by atoms with Crippen LogP contribution in [0.5, 0.6) is 5.88 Å². The molecular weight excluding hydrogens is 364 g/mol. The number of nitrogens with one attached hydrogen (secondary N) is 1.